The molecule has 0 bridgehead atoms. The summed E-state index contributed by atoms with van der Waals surface area (Å²) in [5.74, 6) is 1.35. The Kier molecular flexibility index (Phi) is 5.11. The smallest absolute Gasteiger partial charge is 0.225 e. The van der Waals surface area contributed by atoms with Crippen LogP contribution in [0.5, 0.6) is 5.75 Å². The lowest BCUT2D eigenvalue weighted by atomic mass is 9.92. The van der Waals surface area contributed by atoms with E-state index in [2.05, 4.69) is 10.6 Å². The lowest BCUT2D eigenvalue weighted by Gasteiger charge is -2.20. The zero-order valence-corrected chi connectivity index (χ0v) is 14.5. The van der Waals surface area contributed by atoms with Crippen molar-refractivity contribution in [3.63, 3.8) is 0 Å². The molecular formula is C18H21ClN2O3. The Hall–Kier alpha value is -1.98. The van der Waals surface area contributed by atoms with Gasteiger partial charge in [-0.3, -0.25) is 4.79 Å². The average Bonchev–Trinajstić information content (AvgIpc) is 3.23. The van der Waals surface area contributed by atoms with E-state index in [0.717, 1.165) is 17.1 Å². The van der Waals surface area contributed by atoms with E-state index < -0.39 is 0 Å². The second-order valence-corrected chi connectivity index (χ2v) is 6.39. The summed E-state index contributed by atoms with van der Waals surface area (Å²) in [5.41, 5.74) is 1.01. The zero-order chi connectivity index (χ0) is 17.1. The second kappa shape index (κ2) is 7.28. The summed E-state index contributed by atoms with van der Waals surface area (Å²) >= 11 is 5.86. The number of hydrogen-bond donors (Lipinski definition) is 2. The summed E-state index contributed by atoms with van der Waals surface area (Å²) in [6.07, 6.45) is 0. The first-order valence-electron chi connectivity index (χ1n) is 7.98. The molecule has 3 unspecified atom stereocenters. The molecule has 0 radical (unpaired) electrons. The van der Waals surface area contributed by atoms with Crippen LogP contribution in [0, 0.1) is 5.92 Å². The van der Waals surface area contributed by atoms with Gasteiger partial charge in [0.15, 0.2) is 5.22 Å². The van der Waals surface area contributed by atoms with Crippen LogP contribution in [0.1, 0.15) is 30.2 Å². The van der Waals surface area contributed by atoms with Gasteiger partial charge in [-0.05, 0) is 48.4 Å². The summed E-state index contributed by atoms with van der Waals surface area (Å²) in [6.45, 7) is 3.29. The predicted molar refractivity (Wildman–Crippen MR) is 92.4 cm³/mol. The summed E-state index contributed by atoms with van der Waals surface area (Å²) < 4.78 is 10.7. The number of rotatable bonds is 5. The van der Waals surface area contributed by atoms with E-state index in [0.29, 0.717) is 18.3 Å². The molecule has 1 aliphatic rings. The molecule has 1 aromatic carbocycles. The van der Waals surface area contributed by atoms with Crippen molar-refractivity contribution < 1.29 is 13.9 Å². The second-order valence-electron chi connectivity index (χ2n) is 6.02. The van der Waals surface area contributed by atoms with Crippen LogP contribution < -0.4 is 15.4 Å². The maximum absolute atomic E-state index is 12.7. The van der Waals surface area contributed by atoms with E-state index >= 15 is 0 Å². The first-order chi connectivity index (χ1) is 11.6. The zero-order valence-electron chi connectivity index (χ0n) is 13.7. The number of amides is 1. The average molecular weight is 349 g/mol. The van der Waals surface area contributed by atoms with Crippen molar-refractivity contribution in [1.82, 2.24) is 10.6 Å². The first kappa shape index (κ1) is 16.9. The summed E-state index contributed by atoms with van der Waals surface area (Å²) in [7, 11) is 1.63. The van der Waals surface area contributed by atoms with Gasteiger partial charge in [0.05, 0.1) is 19.1 Å². The Morgan fingerprint density at radius 2 is 2.21 bits per heavy atom. The number of nitrogens with one attached hydrogen (secondary N) is 2. The highest BCUT2D eigenvalue weighted by molar-refractivity contribution is 6.28. The number of furan rings is 1. The Labute approximate surface area is 146 Å². The van der Waals surface area contributed by atoms with Gasteiger partial charge in [0.1, 0.15) is 11.5 Å². The largest absolute Gasteiger partial charge is 0.497 e. The molecule has 1 fully saturated rings. The number of ether oxygens (including phenoxy) is 1. The maximum atomic E-state index is 12.7. The molecule has 2 N–H and O–H groups in total. The molecule has 0 saturated carbocycles. The van der Waals surface area contributed by atoms with Crippen LogP contribution in [0.3, 0.4) is 0 Å². The molecule has 24 heavy (non-hydrogen) atoms. The minimum atomic E-state index is -0.180. The fourth-order valence-electron chi connectivity index (χ4n) is 3.10. The Morgan fingerprint density at radius 1 is 1.38 bits per heavy atom. The van der Waals surface area contributed by atoms with Crippen LogP contribution in [-0.2, 0) is 4.79 Å². The lowest BCUT2D eigenvalue weighted by molar-refractivity contribution is -0.125. The van der Waals surface area contributed by atoms with Gasteiger partial charge in [-0.2, -0.15) is 0 Å². The van der Waals surface area contributed by atoms with Crippen LogP contribution in [0.15, 0.2) is 40.8 Å². The van der Waals surface area contributed by atoms with Gasteiger partial charge < -0.3 is 19.8 Å². The molecule has 2 aromatic rings. The third-order valence-corrected chi connectivity index (χ3v) is 4.67. The standard InChI is InChI=1S/C18H21ClN2O3/c1-11(12-4-3-5-13(8-12)23-2)21-18(22)15-10-20-9-14(15)16-6-7-17(19)24-16/h3-8,11,14-15,20H,9-10H2,1-2H3,(H,21,22). The van der Waals surface area contributed by atoms with Crippen molar-refractivity contribution in [3.05, 3.63) is 52.9 Å². The molecule has 0 spiro atoms. The molecule has 1 saturated heterocycles. The highest BCUT2D eigenvalue weighted by atomic mass is 35.5. The molecule has 1 aliphatic heterocycles. The SMILES string of the molecule is COc1cccc(C(C)NC(=O)C2CNCC2c2ccc(Cl)o2)c1. The van der Waals surface area contributed by atoms with Crippen LogP contribution >= 0.6 is 11.6 Å². The maximum Gasteiger partial charge on any atom is 0.225 e. The molecule has 5 nitrogen and oxygen atoms in total. The van der Waals surface area contributed by atoms with Gasteiger partial charge in [0.25, 0.3) is 0 Å². The van der Waals surface area contributed by atoms with Crippen molar-refractivity contribution >= 4 is 17.5 Å². The highest BCUT2D eigenvalue weighted by Crippen LogP contribution is 2.31. The number of methoxy groups -OCH3 is 1. The number of carbonyl (C=O) groups excluding carboxylic acids is 1. The van der Waals surface area contributed by atoms with E-state index in [1.807, 2.05) is 37.3 Å². The van der Waals surface area contributed by atoms with Gasteiger partial charge in [0, 0.05) is 19.0 Å². The van der Waals surface area contributed by atoms with Crippen molar-refractivity contribution in [2.45, 2.75) is 18.9 Å². The molecule has 128 valence electrons. The predicted octanol–water partition coefficient (Wildman–Crippen LogP) is 3.12. The number of benzene rings is 1. The van der Waals surface area contributed by atoms with E-state index in [-0.39, 0.29) is 23.8 Å². The van der Waals surface area contributed by atoms with E-state index in [1.54, 1.807) is 13.2 Å². The molecule has 3 rings (SSSR count). The van der Waals surface area contributed by atoms with E-state index in [4.69, 9.17) is 20.8 Å². The molecule has 6 heteroatoms. The summed E-state index contributed by atoms with van der Waals surface area (Å²) in [5, 5.41) is 6.69. The molecular weight excluding hydrogens is 328 g/mol. The molecule has 2 heterocycles. The molecule has 1 amide bonds. The Bertz CT molecular complexity index is 716. The number of carbonyl (C=O) groups is 1. The van der Waals surface area contributed by atoms with Crippen molar-refractivity contribution in [1.29, 1.82) is 0 Å². The molecule has 3 atom stereocenters. The van der Waals surface area contributed by atoms with Gasteiger partial charge in [-0.25, -0.2) is 0 Å². The summed E-state index contributed by atoms with van der Waals surface area (Å²) in [6, 6.07) is 11.2. The van der Waals surface area contributed by atoms with E-state index in [1.165, 1.54) is 0 Å². The van der Waals surface area contributed by atoms with Crippen LogP contribution in [0.4, 0.5) is 0 Å². The van der Waals surface area contributed by atoms with Crippen molar-refractivity contribution in [2.24, 2.45) is 5.92 Å². The van der Waals surface area contributed by atoms with E-state index in [9.17, 15) is 4.79 Å². The Morgan fingerprint density at radius 3 is 2.92 bits per heavy atom. The van der Waals surface area contributed by atoms with Crippen molar-refractivity contribution in [3.8, 4) is 5.75 Å². The minimum absolute atomic E-state index is 0.00462. The molecule has 0 aliphatic carbocycles. The van der Waals surface area contributed by atoms with Gasteiger partial charge in [0.2, 0.25) is 5.91 Å². The van der Waals surface area contributed by atoms with Gasteiger partial charge >= 0.3 is 0 Å². The minimum Gasteiger partial charge on any atom is -0.497 e. The number of halogens is 1. The lowest BCUT2D eigenvalue weighted by Crippen LogP contribution is -2.35. The molecule has 1 aromatic heterocycles. The third kappa shape index (κ3) is 3.57. The quantitative estimate of drug-likeness (QED) is 0.871. The fraction of sp³-hybridized carbons (Fsp3) is 0.389. The van der Waals surface area contributed by atoms with Gasteiger partial charge in [-0.1, -0.05) is 12.1 Å². The van der Waals surface area contributed by atoms with Crippen LogP contribution in [-0.4, -0.2) is 26.1 Å². The number of hydrogen-bond acceptors (Lipinski definition) is 4. The first-order valence-corrected chi connectivity index (χ1v) is 8.36. The normalized spacial score (nSPS) is 21.5. The third-order valence-electron chi connectivity index (χ3n) is 4.46. The topological polar surface area (TPSA) is 63.5 Å². The highest BCUT2D eigenvalue weighted by Gasteiger charge is 2.36. The summed E-state index contributed by atoms with van der Waals surface area (Å²) in [4.78, 5) is 12.7. The van der Waals surface area contributed by atoms with Crippen molar-refractivity contribution in [2.75, 3.05) is 20.2 Å². The Balaban J connectivity index is 1.69. The van der Waals surface area contributed by atoms with Crippen LogP contribution in [0.25, 0.3) is 0 Å². The van der Waals surface area contributed by atoms with Crippen LogP contribution in [0.2, 0.25) is 5.22 Å². The van der Waals surface area contributed by atoms with Gasteiger partial charge in [-0.15, -0.1) is 0 Å². The fourth-order valence-corrected chi connectivity index (χ4v) is 3.25. The monoisotopic (exact) mass is 348 g/mol.